The van der Waals surface area contributed by atoms with E-state index in [0.717, 1.165) is 44.9 Å². The fourth-order valence-corrected chi connectivity index (χ4v) is 13.5. The molecule has 3 unspecified atom stereocenters. The quantitative estimate of drug-likeness (QED) is 0.0243. The fourth-order valence-electron chi connectivity index (χ4n) is 12.7. The highest BCUT2D eigenvalue weighted by Crippen LogP contribution is 2.43. The van der Waals surface area contributed by atoms with E-state index in [4.69, 9.17) is 9.05 Å². The Labute approximate surface area is 557 Å². The third-order valence-electron chi connectivity index (χ3n) is 19.0. The maximum Gasteiger partial charge on any atom is 0.472 e. The van der Waals surface area contributed by atoms with Crippen molar-refractivity contribution in [3.8, 4) is 0 Å². The lowest BCUT2D eigenvalue weighted by atomic mass is 10.0. The number of amides is 1. The number of allylic oxidation sites excluding steroid dienone is 4. The Balaban J connectivity index is 3.91. The zero-order valence-electron chi connectivity index (χ0n) is 61.0. The molecule has 530 valence electrons. The maximum atomic E-state index is 13.1. The van der Waals surface area contributed by atoms with E-state index in [1.54, 1.807) is 0 Å². The van der Waals surface area contributed by atoms with Gasteiger partial charge in [-0.2, -0.15) is 0 Å². The van der Waals surface area contributed by atoms with Crippen molar-refractivity contribution in [2.75, 3.05) is 40.9 Å². The molecule has 3 N–H and O–H groups in total. The van der Waals surface area contributed by atoms with Gasteiger partial charge in [0.2, 0.25) is 5.91 Å². The van der Waals surface area contributed by atoms with E-state index >= 15 is 0 Å². The lowest BCUT2D eigenvalue weighted by Crippen LogP contribution is -2.46. The molecular weight excluding hydrogens is 1120 g/mol. The van der Waals surface area contributed by atoms with Gasteiger partial charge in [-0.25, -0.2) is 4.57 Å². The molecule has 0 radical (unpaired) electrons. The summed E-state index contributed by atoms with van der Waals surface area (Å²) in [6.45, 7) is 4.95. The standard InChI is InChI=1S/C80H159N2O6P/c1-6-8-10-12-14-16-18-20-22-24-26-28-30-32-34-36-38-40-41-42-44-46-48-50-52-54-56-58-60-62-64-66-68-70-72-74-80(84)81-78(77-88-89(85,86)87-76-75-82(3,4)5)79(83)73-71-69-67-65-63-61-59-57-55-53-51-49-47-45-43-39-37-35-33-31-29-27-25-23-21-19-17-15-13-11-9-7-2/h18,20,24,26,78-79,83H,6-17,19,21-23,25,27-77H2,1-5H3,(H-,81,84,85,86)/p+1/b20-18-,26-24-. The number of aliphatic hydroxyl groups is 1. The van der Waals surface area contributed by atoms with Crippen LogP contribution in [-0.4, -0.2) is 73.4 Å². The molecule has 0 saturated heterocycles. The Hall–Kier alpha value is -1.02. The molecule has 3 atom stereocenters. The Morgan fingerprint density at radius 2 is 0.640 bits per heavy atom. The molecule has 9 heteroatoms. The number of hydrogen-bond acceptors (Lipinski definition) is 5. The second kappa shape index (κ2) is 71.3. The average molecular weight is 1280 g/mol. The van der Waals surface area contributed by atoms with E-state index in [1.807, 2.05) is 21.1 Å². The number of carbonyl (C=O) groups excluding carboxylic acids is 1. The number of quaternary nitrogens is 1. The van der Waals surface area contributed by atoms with Crippen LogP contribution in [0.25, 0.3) is 0 Å². The number of nitrogens with zero attached hydrogens (tertiary/aromatic N) is 1. The van der Waals surface area contributed by atoms with Gasteiger partial charge in [-0.3, -0.25) is 13.8 Å². The van der Waals surface area contributed by atoms with Crippen molar-refractivity contribution in [1.29, 1.82) is 0 Å². The number of carbonyl (C=O) groups is 1. The number of nitrogens with one attached hydrogen (secondary N) is 1. The first kappa shape index (κ1) is 88.0. The Morgan fingerprint density at radius 1 is 0.382 bits per heavy atom. The molecule has 0 saturated carbocycles. The Kier molecular flexibility index (Phi) is 70.5. The van der Waals surface area contributed by atoms with Gasteiger partial charge in [0.05, 0.1) is 39.9 Å². The van der Waals surface area contributed by atoms with Crippen LogP contribution in [0.5, 0.6) is 0 Å². The predicted octanol–water partition coefficient (Wildman–Crippen LogP) is 26.2. The number of unbranched alkanes of at least 4 members (excludes halogenated alkanes) is 59. The summed E-state index contributed by atoms with van der Waals surface area (Å²) in [7, 11) is 1.64. The summed E-state index contributed by atoms with van der Waals surface area (Å²) < 4.78 is 24.0. The first-order chi connectivity index (χ1) is 43.5. The molecule has 8 nitrogen and oxygen atoms in total. The summed E-state index contributed by atoms with van der Waals surface area (Å²) >= 11 is 0. The van der Waals surface area contributed by atoms with Gasteiger partial charge in [-0.1, -0.05) is 404 Å². The van der Waals surface area contributed by atoms with Crippen LogP contribution in [0.3, 0.4) is 0 Å². The van der Waals surface area contributed by atoms with Gasteiger partial charge in [0.25, 0.3) is 0 Å². The molecule has 0 fully saturated rings. The normalized spacial score (nSPS) is 13.6. The average Bonchev–Trinajstić information content (AvgIpc) is 3.64. The topological polar surface area (TPSA) is 105 Å². The second-order valence-electron chi connectivity index (χ2n) is 29.2. The number of phosphoric ester groups is 1. The highest BCUT2D eigenvalue weighted by Gasteiger charge is 2.28. The van der Waals surface area contributed by atoms with Crippen LogP contribution in [0.15, 0.2) is 24.3 Å². The monoisotopic (exact) mass is 1280 g/mol. The van der Waals surface area contributed by atoms with Gasteiger partial charge in [0.1, 0.15) is 13.2 Å². The van der Waals surface area contributed by atoms with Gasteiger partial charge in [0, 0.05) is 6.42 Å². The molecule has 0 bridgehead atoms. The summed E-state index contributed by atoms with van der Waals surface area (Å²) in [5.41, 5.74) is 0. The lowest BCUT2D eigenvalue weighted by molar-refractivity contribution is -0.870. The molecule has 0 aromatic heterocycles. The Bertz CT molecular complexity index is 1500. The molecule has 0 aromatic rings. The first-order valence-corrected chi connectivity index (χ1v) is 41.7. The largest absolute Gasteiger partial charge is 0.472 e. The zero-order chi connectivity index (χ0) is 64.8. The van der Waals surface area contributed by atoms with Crippen LogP contribution in [0.4, 0.5) is 0 Å². The van der Waals surface area contributed by atoms with Crippen LogP contribution < -0.4 is 5.32 Å². The van der Waals surface area contributed by atoms with Crippen molar-refractivity contribution in [3.63, 3.8) is 0 Å². The van der Waals surface area contributed by atoms with Crippen LogP contribution in [0.2, 0.25) is 0 Å². The van der Waals surface area contributed by atoms with E-state index in [-0.39, 0.29) is 19.1 Å². The summed E-state index contributed by atoms with van der Waals surface area (Å²) in [5.74, 6) is -0.133. The maximum absolute atomic E-state index is 13.1. The molecule has 89 heavy (non-hydrogen) atoms. The van der Waals surface area contributed by atoms with Crippen molar-refractivity contribution in [1.82, 2.24) is 5.32 Å². The molecule has 0 aliphatic carbocycles. The van der Waals surface area contributed by atoms with Crippen molar-refractivity contribution >= 4 is 13.7 Å². The van der Waals surface area contributed by atoms with Crippen LogP contribution in [0, 0.1) is 0 Å². The van der Waals surface area contributed by atoms with E-state index in [1.165, 1.54) is 360 Å². The number of phosphoric acid groups is 1. The highest BCUT2D eigenvalue weighted by molar-refractivity contribution is 7.47. The first-order valence-electron chi connectivity index (χ1n) is 40.2. The third-order valence-corrected chi connectivity index (χ3v) is 19.9. The minimum absolute atomic E-state index is 0.0781. The van der Waals surface area contributed by atoms with E-state index in [0.29, 0.717) is 23.9 Å². The van der Waals surface area contributed by atoms with E-state index < -0.39 is 20.0 Å². The van der Waals surface area contributed by atoms with Crippen molar-refractivity contribution in [2.24, 2.45) is 0 Å². The molecule has 0 heterocycles. The summed E-state index contributed by atoms with van der Waals surface area (Å²) in [6.07, 6.45) is 94.7. The minimum atomic E-state index is -4.33. The van der Waals surface area contributed by atoms with Gasteiger partial charge < -0.3 is 19.8 Å². The second-order valence-corrected chi connectivity index (χ2v) is 30.6. The molecule has 0 aliphatic rings. The fraction of sp³-hybridized carbons (Fsp3) is 0.938. The smallest absolute Gasteiger partial charge is 0.391 e. The predicted molar refractivity (Wildman–Crippen MR) is 392 cm³/mol. The summed E-state index contributed by atoms with van der Waals surface area (Å²) in [4.78, 5) is 23.5. The zero-order valence-corrected chi connectivity index (χ0v) is 61.9. The summed E-state index contributed by atoms with van der Waals surface area (Å²) in [6, 6.07) is -0.760. The highest BCUT2D eigenvalue weighted by atomic mass is 31.2. The Morgan fingerprint density at radius 3 is 0.921 bits per heavy atom. The van der Waals surface area contributed by atoms with Crippen LogP contribution >= 0.6 is 7.82 Å². The van der Waals surface area contributed by atoms with Gasteiger partial charge in [0.15, 0.2) is 0 Å². The number of hydrogen-bond donors (Lipinski definition) is 3. The van der Waals surface area contributed by atoms with Gasteiger partial charge >= 0.3 is 7.82 Å². The van der Waals surface area contributed by atoms with Crippen molar-refractivity contribution in [3.05, 3.63) is 24.3 Å². The van der Waals surface area contributed by atoms with Crippen molar-refractivity contribution < 1.29 is 32.9 Å². The van der Waals surface area contributed by atoms with Crippen molar-refractivity contribution in [2.45, 2.75) is 443 Å². The number of likely N-dealkylation sites (N-methyl/N-ethyl adjacent to an activating group) is 1. The third kappa shape index (κ3) is 74.2. The molecule has 0 aliphatic heterocycles. The number of rotatable bonds is 76. The molecule has 0 rings (SSSR count). The molecule has 0 aromatic carbocycles. The van der Waals surface area contributed by atoms with Gasteiger partial charge in [-0.05, 0) is 44.9 Å². The molecule has 1 amide bonds. The van der Waals surface area contributed by atoms with Gasteiger partial charge in [-0.15, -0.1) is 0 Å². The lowest BCUT2D eigenvalue weighted by Gasteiger charge is -2.26. The summed E-state index contributed by atoms with van der Waals surface area (Å²) in [5, 5.41) is 14.2. The molecular formula is C80H160N2O6P+. The molecule has 0 spiro atoms. The minimum Gasteiger partial charge on any atom is -0.391 e. The van der Waals surface area contributed by atoms with E-state index in [2.05, 4.69) is 43.5 Å². The SMILES string of the molecule is CCCCCCC/C=C\C/C=C\CCCCCCCCCCCCCCCCCCCCCCCCCC(=O)NC(COP(=O)(O)OCC[N+](C)(C)C)C(O)CCCCCCCCCCCCCCCCCCCCCCCCCCCCCCCCCC. The van der Waals surface area contributed by atoms with E-state index in [9.17, 15) is 19.4 Å². The van der Waals surface area contributed by atoms with Crippen LogP contribution in [0.1, 0.15) is 431 Å². The number of aliphatic hydroxyl groups excluding tert-OH is 1. The van der Waals surface area contributed by atoms with Crippen LogP contribution in [-0.2, 0) is 18.4 Å².